The number of nitrogens with zero attached hydrogens (tertiary/aromatic N) is 1. The van der Waals surface area contributed by atoms with Crippen LogP contribution < -0.4 is 5.32 Å². The summed E-state index contributed by atoms with van der Waals surface area (Å²) in [6.07, 6.45) is 1.34. The van der Waals surface area contributed by atoms with Crippen molar-refractivity contribution in [2.24, 2.45) is 16.7 Å². The second-order valence-corrected chi connectivity index (χ2v) is 8.39. The topological polar surface area (TPSA) is 66.5 Å². The fourth-order valence-electron chi connectivity index (χ4n) is 3.98. The Morgan fingerprint density at radius 1 is 1.28 bits per heavy atom. The van der Waals surface area contributed by atoms with E-state index < -0.39 is 16.7 Å². The normalized spacial score (nSPS) is 27.6. The maximum absolute atomic E-state index is 12.9. The molecule has 3 amide bonds. The standard InChI is InChI=1S/C18H20Cl2N2O3/c1-17(2)11-6-7-18(17,3)16(25)22(15(11)24)9-14(23)21-13-5-4-10(19)8-12(13)20/h4-5,8,11H,6-7,9H2,1-3H3,(H,21,23). The number of piperidine rings is 1. The molecule has 1 heterocycles. The molecular weight excluding hydrogens is 363 g/mol. The van der Waals surface area contributed by atoms with Gasteiger partial charge in [-0.15, -0.1) is 0 Å². The average molecular weight is 383 g/mol. The first-order valence-corrected chi connectivity index (χ1v) is 8.94. The van der Waals surface area contributed by atoms with E-state index in [1.807, 2.05) is 20.8 Å². The molecule has 134 valence electrons. The molecule has 1 aromatic rings. The highest BCUT2D eigenvalue weighted by molar-refractivity contribution is 6.36. The van der Waals surface area contributed by atoms with Crippen LogP contribution >= 0.6 is 23.2 Å². The van der Waals surface area contributed by atoms with Gasteiger partial charge in [-0.05, 0) is 36.5 Å². The lowest BCUT2D eigenvalue weighted by molar-refractivity contribution is -0.168. The monoisotopic (exact) mass is 382 g/mol. The summed E-state index contributed by atoms with van der Waals surface area (Å²) in [5.41, 5.74) is -0.625. The lowest BCUT2D eigenvalue weighted by Gasteiger charge is -2.47. The van der Waals surface area contributed by atoms with Crippen molar-refractivity contribution >= 4 is 46.6 Å². The van der Waals surface area contributed by atoms with E-state index in [-0.39, 0.29) is 24.3 Å². The number of halogens is 2. The molecule has 1 aliphatic carbocycles. The predicted octanol–water partition coefficient (Wildman–Crippen LogP) is 3.74. The summed E-state index contributed by atoms with van der Waals surface area (Å²) in [6.45, 7) is 5.51. The first kappa shape index (κ1) is 18.2. The molecule has 1 saturated heterocycles. The molecule has 0 aromatic heterocycles. The molecule has 2 fully saturated rings. The van der Waals surface area contributed by atoms with E-state index in [1.54, 1.807) is 12.1 Å². The Balaban J connectivity index is 1.78. The van der Waals surface area contributed by atoms with Crippen molar-refractivity contribution < 1.29 is 14.4 Å². The van der Waals surface area contributed by atoms with Crippen LogP contribution in [0.15, 0.2) is 18.2 Å². The van der Waals surface area contributed by atoms with Crippen molar-refractivity contribution in [1.82, 2.24) is 4.90 Å². The molecule has 25 heavy (non-hydrogen) atoms. The van der Waals surface area contributed by atoms with Gasteiger partial charge in [0, 0.05) is 10.9 Å². The number of amides is 3. The molecule has 1 N–H and O–H groups in total. The number of hydrogen-bond acceptors (Lipinski definition) is 3. The number of fused-ring (bicyclic) bond motifs is 2. The summed E-state index contributed by atoms with van der Waals surface area (Å²) in [4.78, 5) is 39.1. The van der Waals surface area contributed by atoms with Gasteiger partial charge < -0.3 is 5.32 Å². The third-order valence-electron chi connectivity index (χ3n) is 6.01. The zero-order valence-corrected chi connectivity index (χ0v) is 15.9. The second-order valence-electron chi connectivity index (χ2n) is 7.55. The number of imide groups is 1. The highest BCUT2D eigenvalue weighted by Crippen LogP contribution is 2.59. The van der Waals surface area contributed by atoms with E-state index >= 15 is 0 Å². The molecule has 2 aliphatic rings. The number of rotatable bonds is 3. The van der Waals surface area contributed by atoms with E-state index in [2.05, 4.69) is 5.32 Å². The Kier molecular flexibility index (Phi) is 4.36. The van der Waals surface area contributed by atoms with Gasteiger partial charge in [0.05, 0.1) is 16.1 Å². The van der Waals surface area contributed by atoms with E-state index in [9.17, 15) is 14.4 Å². The Morgan fingerprint density at radius 2 is 1.96 bits per heavy atom. The maximum Gasteiger partial charge on any atom is 0.244 e. The van der Waals surface area contributed by atoms with Crippen LogP contribution in [0.4, 0.5) is 5.69 Å². The molecule has 3 rings (SSSR count). The lowest BCUT2D eigenvalue weighted by Crippen LogP contribution is -2.60. The Morgan fingerprint density at radius 3 is 2.60 bits per heavy atom. The molecule has 1 aliphatic heterocycles. The van der Waals surface area contributed by atoms with Gasteiger partial charge in [0.1, 0.15) is 6.54 Å². The third kappa shape index (κ3) is 2.74. The van der Waals surface area contributed by atoms with Gasteiger partial charge in [0.15, 0.2) is 0 Å². The van der Waals surface area contributed by atoms with Crippen molar-refractivity contribution in [2.75, 3.05) is 11.9 Å². The minimum absolute atomic E-state index is 0.234. The summed E-state index contributed by atoms with van der Waals surface area (Å²) in [5.74, 6) is -1.23. The molecule has 5 nitrogen and oxygen atoms in total. The van der Waals surface area contributed by atoms with Gasteiger partial charge >= 0.3 is 0 Å². The second kappa shape index (κ2) is 5.99. The van der Waals surface area contributed by atoms with Crippen LogP contribution in [0, 0.1) is 16.7 Å². The van der Waals surface area contributed by atoms with Crippen molar-refractivity contribution in [3.63, 3.8) is 0 Å². The lowest BCUT2D eigenvalue weighted by atomic mass is 9.62. The van der Waals surface area contributed by atoms with Crippen LogP contribution in [-0.2, 0) is 14.4 Å². The number of likely N-dealkylation sites (tertiary alicyclic amines) is 1. The minimum Gasteiger partial charge on any atom is -0.323 e. The molecule has 1 aromatic carbocycles. The fraction of sp³-hybridized carbons (Fsp3) is 0.500. The number of nitrogens with one attached hydrogen (secondary N) is 1. The third-order valence-corrected chi connectivity index (χ3v) is 6.56. The van der Waals surface area contributed by atoms with Crippen LogP contribution in [0.2, 0.25) is 10.0 Å². The van der Waals surface area contributed by atoms with Crippen LogP contribution in [0.25, 0.3) is 0 Å². The molecule has 2 bridgehead atoms. The zero-order valence-electron chi connectivity index (χ0n) is 14.4. The summed E-state index contributed by atoms with van der Waals surface area (Å²) >= 11 is 11.9. The van der Waals surface area contributed by atoms with Gasteiger partial charge in [0.25, 0.3) is 0 Å². The molecule has 1 saturated carbocycles. The number of carbonyl (C=O) groups is 3. The van der Waals surface area contributed by atoms with Crippen LogP contribution in [-0.4, -0.2) is 29.2 Å². The van der Waals surface area contributed by atoms with Crippen molar-refractivity contribution in [1.29, 1.82) is 0 Å². The smallest absolute Gasteiger partial charge is 0.244 e. The van der Waals surface area contributed by atoms with Crippen LogP contribution in [0.5, 0.6) is 0 Å². The summed E-state index contributed by atoms with van der Waals surface area (Å²) in [7, 11) is 0. The van der Waals surface area contributed by atoms with E-state index in [4.69, 9.17) is 23.2 Å². The summed E-state index contributed by atoms with van der Waals surface area (Å²) in [5, 5.41) is 3.38. The zero-order chi connectivity index (χ0) is 18.6. The van der Waals surface area contributed by atoms with Crippen molar-refractivity contribution in [3.05, 3.63) is 28.2 Å². The molecular formula is C18H20Cl2N2O3. The van der Waals surface area contributed by atoms with Gasteiger partial charge in [-0.25, -0.2) is 0 Å². The van der Waals surface area contributed by atoms with Gasteiger partial charge in [-0.1, -0.05) is 44.0 Å². The number of hydrogen-bond donors (Lipinski definition) is 1. The molecule has 7 heteroatoms. The average Bonchev–Trinajstić information content (AvgIpc) is 2.71. The molecule has 0 radical (unpaired) electrons. The first-order valence-electron chi connectivity index (χ1n) is 8.18. The van der Waals surface area contributed by atoms with Crippen molar-refractivity contribution in [3.8, 4) is 0 Å². The quantitative estimate of drug-likeness (QED) is 0.809. The minimum atomic E-state index is -0.621. The van der Waals surface area contributed by atoms with Gasteiger partial charge in [-0.3, -0.25) is 19.3 Å². The van der Waals surface area contributed by atoms with E-state index in [1.165, 1.54) is 6.07 Å². The SMILES string of the molecule is CC12CCC(C(=O)N(CC(=O)Nc3ccc(Cl)cc3Cl)C1=O)C2(C)C. The molecule has 0 spiro atoms. The maximum atomic E-state index is 12.9. The summed E-state index contributed by atoms with van der Waals surface area (Å²) < 4.78 is 0. The molecule has 2 atom stereocenters. The summed E-state index contributed by atoms with van der Waals surface area (Å²) in [6, 6.07) is 4.69. The van der Waals surface area contributed by atoms with Crippen molar-refractivity contribution in [2.45, 2.75) is 33.6 Å². The van der Waals surface area contributed by atoms with Gasteiger partial charge in [-0.2, -0.15) is 0 Å². The largest absolute Gasteiger partial charge is 0.323 e. The fourth-order valence-corrected chi connectivity index (χ4v) is 4.43. The van der Waals surface area contributed by atoms with E-state index in [0.717, 1.165) is 4.90 Å². The molecule has 2 unspecified atom stereocenters. The number of carbonyl (C=O) groups excluding carboxylic acids is 3. The predicted molar refractivity (Wildman–Crippen MR) is 96.4 cm³/mol. The Labute approximate surface area is 156 Å². The number of anilines is 1. The number of benzene rings is 1. The highest BCUT2D eigenvalue weighted by Gasteiger charge is 2.64. The van der Waals surface area contributed by atoms with Crippen LogP contribution in [0.1, 0.15) is 33.6 Å². The first-order chi connectivity index (χ1) is 11.6. The Hall–Kier alpha value is -1.59. The van der Waals surface area contributed by atoms with Crippen LogP contribution in [0.3, 0.4) is 0 Å². The van der Waals surface area contributed by atoms with E-state index in [0.29, 0.717) is 28.6 Å². The highest BCUT2D eigenvalue weighted by atomic mass is 35.5. The van der Waals surface area contributed by atoms with Gasteiger partial charge in [0.2, 0.25) is 17.7 Å². The Bertz CT molecular complexity index is 778.